The van der Waals surface area contributed by atoms with E-state index in [0.29, 0.717) is 19.8 Å². The fourth-order valence-corrected chi connectivity index (χ4v) is 6.75. The van der Waals surface area contributed by atoms with Crippen LogP contribution < -0.4 is 9.47 Å². The standard InChI is InChI=1S/C30H43N3O5S/c1-22-18-26(36-5)19-23(2)30(22)39(35)31(3)14-16-37-21-29(34)32(4)28-11-8-24-20-25(9-10-27(24)28)38-17-15-33-12-6-7-13-33/h9-10,18-20,28H,6-8,11-17,21H2,1-5H3. The quantitative estimate of drug-likeness (QED) is 0.348. The van der Waals surface area contributed by atoms with Crippen LogP contribution in [0.4, 0.5) is 0 Å². The van der Waals surface area contributed by atoms with E-state index in [1.54, 1.807) is 23.4 Å². The Kier molecular flexibility index (Phi) is 10.4. The number of amides is 1. The Hall–Kier alpha value is -2.46. The van der Waals surface area contributed by atoms with Crippen LogP contribution in [0, 0.1) is 13.8 Å². The van der Waals surface area contributed by atoms with E-state index >= 15 is 0 Å². The van der Waals surface area contributed by atoms with Crippen molar-refractivity contribution < 1.29 is 23.2 Å². The van der Waals surface area contributed by atoms with Crippen LogP contribution in [0.5, 0.6) is 11.5 Å². The third kappa shape index (κ3) is 7.39. The molecule has 0 bridgehead atoms. The normalized spacial score (nSPS) is 17.8. The molecule has 2 unspecified atom stereocenters. The second kappa shape index (κ2) is 13.7. The van der Waals surface area contributed by atoms with Gasteiger partial charge in [0.25, 0.3) is 0 Å². The number of carbonyl (C=O) groups excluding carboxylic acids is 1. The first-order valence-electron chi connectivity index (χ1n) is 13.9. The number of rotatable bonds is 13. The molecule has 2 aliphatic rings. The van der Waals surface area contributed by atoms with Gasteiger partial charge in [0.2, 0.25) is 5.91 Å². The number of ether oxygens (including phenoxy) is 3. The summed E-state index contributed by atoms with van der Waals surface area (Å²) < 4.78 is 31.9. The molecule has 0 N–H and O–H groups in total. The predicted octanol–water partition coefficient (Wildman–Crippen LogP) is 3.90. The van der Waals surface area contributed by atoms with E-state index in [9.17, 15) is 9.00 Å². The summed E-state index contributed by atoms with van der Waals surface area (Å²) in [6, 6.07) is 10.1. The topological polar surface area (TPSA) is 71.5 Å². The largest absolute Gasteiger partial charge is 0.497 e. The molecule has 0 radical (unpaired) electrons. The van der Waals surface area contributed by atoms with E-state index < -0.39 is 11.0 Å². The summed E-state index contributed by atoms with van der Waals surface area (Å²) in [5, 5.41) is 0. The number of nitrogens with zero attached hydrogens (tertiary/aromatic N) is 3. The maximum absolute atomic E-state index is 13.1. The average Bonchev–Trinajstić information content (AvgIpc) is 3.59. The van der Waals surface area contributed by atoms with Gasteiger partial charge in [-0.3, -0.25) is 9.69 Å². The van der Waals surface area contributed by atoms with Crippen LogP contribution >= 0.6 is 0 Å². The minimum Gasteiger partial charge on any atom is -0.497 e. The van der Waals surface area contributed by atoms with Crippen LogP contribution in [-0.2, 0) is 26.9 Å². The zero-order valence-electron chi connectivity index (χ0n) is 24.0. The fraction of sp³-hybridized carbons (Fsp3) is 0.567. The van der Waals surface area contributed by atoms with Gasteiger partial charge < -0.3 is 19.1 Å². The molecule has 1 aliphatic heterocycles. The van der Waals surface area contributed by atoms with Gasteiger partial charge >= 0.3 is 0 Å². The molecule has 2 aromatic carbocycles. The van der Waals surface area contributed by atoms with Gasteiger partial charge in [-0.25, -0.2) is 8.51 Å². The minimum absolute atomic E-state index is 0.00109. The van der Waals surface area contributed by atoms with Crippen molar-refractivity contribution >= 4 is 16.9 Å². The minimum atomic E-state index is -1.33. The molecule has 1 saturated heterocycles. The Morgan fingerprint density at radius 3 is 2.46 bits per heavy atom. The van der Waals surface area contributed by atoms with Gasteiger partial charge in [-0.2, -0.15) is 0 Å². The summed E-state index contributed by atoms with van der Waals surface area (Å²) in [7, 11) is 3.95. The van der Waals surface area contributed by atoms with E-state index in [1.807, 2.05) is 39.1 Å². The zero-order valence-corrected chi connectivity index (χ0v) is 24.8. The van der Waals surface area contributed by atoms with Gasteiger partial charge in [-0.15, -0.1) is 0 Å². The van der Waals surface area contributed by atoms with Crippen molar-refractivity contribution in [2.24, 2.45) is 0 Å². The molecule has 0 aromatic heterocycles. The van der Waals surface area contributed by atoms with E-state index in [-0.39, 0.29) is 18.6 Å². The molecular weight excluding hydrogens is 514 g/mol. The lowest BCUT2D eigenvalue weighted by Gasteiger charge is -2.26. The number of likely N-dealkylation sites (tertiary alicyclic amines) is 1. The van der Waals surface area contributed by atoms with Gasteiger partial charge in [-0.05, 0) is 99.1 Å². The number of aryl methyl sites for hydroxylation is 3. The number of methoxy groups -OCH3 is 1. The molecule has 1 amide bonds. The van der Waals surface area contributed by atoms with Crippen LogP contribution in [0.3, 0.4) is 0 Å². The maximum Gasteiger partial charge on any atom is 0.248 e. The van der Waals surface area contributed by atoms with Crippen molar-refractivity contribution in [1.82, 2.24) is 14.1 Å². The molecule has 0 saturated carbocycles. The van der Waals surface area contributed by atoms with Crippen LogP contribution in [-0.4, -0.2) is 91.4 Å². The van der Waals surface area contributed by atoms with Crippen LogP contribution in [0.15, 0.2) is 35.2 Å². The van der Waals surface area contributed by atoms with Crippen LogP contribution in [0.1, 0.15) is 47.6 Å². The van der Waals surface area contributed by atoms with Crippen molar-refractivity contribution in [1.29, 1.82) is 0 Å². The molecule has 2 atom stereocenters. The van der Waals surface area contributed by atoms with Crippen molar-refractivity contribution in [2.45, 2.75) is 50.5 Å². The van der Waals surface area contributed by atoms with E-state index in [2.05, 4.69) is 17.0 Å². The summed E-state index contributed by atoms with van der Waals surface area (Å²) in [4.78, 5) is 17.9. The average molecular weight is 558 g/mol. The Morgan fingerprint density at radius 2 is 1.77 bits per heavy atom. The maximum atomic E-state index is 13.1. The molecule has 9 heteroatoms. The molecule has 1 fully saturated rings. The Bertz CT molecular complexity index is 1140. The van der Waals surface area contributed by atoms with Crippen molar-refractivity contribution in [3.8, 4) is 11.5 Å². The number of likely N-dealkylation sites (N-methyl/N-ethyl adjacent to an activating group) is 2. The first kappa shape index (κ1) is 29.5. The van der Waals surface area contributed by atoms with Gasteiger partial charge in [0, 0.05) is 27.2 Å². The molecule has 1 aliphatic carbocycles. The summed E-state index contributed by atoms with van der Waals surface area (Å²) in [6.07, 6.45) is 4.42. The second-order valence-corrected chi connectivity index (χ2v) is 12.1. The van der Waals surface area contributed by atoms with E-state index in [0.717, 1.165) is 46.9 Å². The lowest BCUT2D eigenvalue weighted by Crippen LogP contribution is -2.34. The van der Waals surface area contributed by atoms with Crippen molar-refractivity contribution in [3.63, 3.8) is 0 Å². The first-order chi connectivity index (χ1) is 18.8. The van der Waals surface area contributed by atoms with Gasteiger partial charge in [0.05, 0.1) is 24.7 Å². The SMILES string of the molecule is COc1cc(C)c(S(=O)N(C)CCOCC(=O)N(C)C2CCc3cc(OCCN4CCCC4)ccc32)c(C)c1. The summed E-state index contributed by atoms with van der Waals surface area (Å²) in [6.45, 7) is 8.68. The van der Waals surface area contributed by atoms with E-state index in [1.165, 1.54) is 37.1 Å². The predicted molar refractivity (Wildman–Crippen MR) is 154 cm³/mol. The smallest absolute Gasteiger partial charge is 0.248 e. The highest BCUT2D eigenvalue weighted by atomic mass is 32.2. The van der Waals surface area contributed by atoms with Gasteiger partial charge in [0.1, 0.15) is 35.7 Å². The lowest BCUT2D eigenvalue weighted by atomic mass is 10.1. The summed E-state index contributed by atoms with van der Waals surface area (Å²) >= 11 is 0. The highest BCUT2D eigenvalue weighted by molar-refractivity contribution is 7.82. The number of fused-ring (bicyclic) bond motifs is 1. The Morgan fingerprint density at radius 1 is 1.05 bits per heavy atom. The highest BCUT2D eigenvalue weighted by Crippen LogP contribution is 2.37. The molecule has 214 valence electrons. The Labute approximate surface area is 235 Å². The molecule has 8 nitrogen and oxygen atoms in total. The number of hydrogen-bond acceptors (Lipinski definition) is 6. The highest BCUT2D eigenvalue weighted by Gasteiger charge is 2.29. The molecule has 0 spiro atoms. The molecule has 4 rings (SSSR count). The molecule has 39 heavy (non-hydrogen) atoms. The van der Waals surface area contributed by atoms with Crippen LogP contribution in [0.25, 0.3) is 0 Å². The zero-order chi connectivity index (χ0) is 27.9. The third-order valence-electron chi connectivity index (χ3n) is 7.80. The van der Waals surface area contributed by atoms with Gasteiger partial charge in [-0.1, -0.05) is 6.07 Å². The van der Waals surface area contributed by atoms with E-state index in [4.69, 9.17) is 14.2 Å². The lowest BCUT2D eigenvalue weighted by molar-refractivity contribution is -0.137. The molecular formula is C30H43N3O5S. The second-order valence-electron chi connectivity index (χ2n) is 10.6. The molecule has 1 heterocycles. The monoisotopic (exact) mass is 557 g/mol. The van der Waals surface area contributed by atoms with Gasteiger partial charge in [0.15, 0.2) is 0 Å². The summed E-state index contributed by atoms with van der Waals surface area (Å²) in [5.41, 5.74) is 4.30. The van der Waals surface area contributed by atoms with Crippen molar-refractivity contribution in [3.05, 3.63) is 52.6 Å². The third-order valence-corrected chi connectivity index (χ3v) is 9.54. The first-order valence-corrected chi connectivity index (χ1v) is 15.0. The van der Waals surface area contributed by atoms with Crippen LogP contribution in [0.2, 0.25) is 0 Å². The number of carbonyl (C=O) groups is 1. The summed E-state index contributed by atoms with van der Waals surface area (Å²) in [5.74, 6) is 1.61. The van der Waals surface area contributed by atoms with Crippen molar-refractivity contribution in [2.75, 3.05) is 67.2 Å². The number of benzene rings is 2. The molecule has 2 aromatic rings. The number of hydrogen-bond donors (Lipinski definition) is 0. The Balaban J connectivity index is 1.22. The fourth-order valence-electron chi connectivity index (χ4n) is 5.53.